The number of nitrogens with zero attached hydrogens (tertiary/aromatic N) is 3. The fourth-order valence-corrected chi connectivity index (χ4v) is 2.25. The van der Waals surface area contributed by atoms with E-state index in [1.807, 2.05) is 13.8 Å². The van der Waals surface area contributed by atoms with E-state index in [1.54, 1.807) is 12.1 Å². The molecule has 0 aliphatic carbocycles. The Hall–Kier alpha value is -1.46. The molecule has 108 valence electrons. The van der Waals surface area contributed by atoms with Crippen molar-refractivity contribution in [1.82, 2.24) is 20.3 Å². The number of hydrogen-bond donors (Lipinski definition) is 1. The Morgan fingerprint density at radius 2 is 2.20 bits per heavy atom. The van der Waals surface area contributed by atoms with Crippen LogP contribution in [-0.4, -0.2) is 21.5 Å². The minimum Gasteiger partial charge on any atom is -0.309 e. The fourth-order valence-electron chi connectivity index (χ4n) is 2.08. The smallest absolute Gasteiger partial charge is 0.167 e. The van der Waals surface area contributed by atoms with Gasteiger partial charge in [0.05, 0.1) is 16.8 Å². The highest BCUT2D eigenvalue weighted by atomic mass is 35.5. The predicted octanol–water partition coefficient (Wildman–Crippen LogP) is 3.43. The number of halogens is 2. The maximum absolute atomic E-state index is 14.0. The number of hydrogen-bond acceptors (Lipinski definition) is 3. The topological polar surface area (TPSA) is 42.7 Å². The molecule has 2 rings (SSSR count). The Bertz CT molecular complexity index is 597. The van der Waals surface area contributed by atoms with Crippen LogP contribution in [0.3, 0.4) is 0 Å². The van der Waals surface area contributed by atoms with Crippen molar-refractivity contribution in [3.8, 4) is 5.69 Å². The van der Waals surface area contributed by atoms with E-state index in [-0.39, 0.29) is 11.1 Å². The Morgan fingerprint density at radius 1 is 1.45 bits per heavy atom. The van der Waals surface area contributed by atoms with E-state index in [9.17, 15) is 4.39 Å². The molecule has 1 atom stereocenters. The summed E-state index contributed by atoms with van der Waals surface area (Å²) in [6.45, 7) is 6.90. The predicted molar refractivity (Wildman–Crippen MR) is 77.8 cm³/mol. The molecule has 4 nitrogen and oxygen atoms in total. The standard InChI is InChI=1S/C14H18ClFN4/c1-4-8-17-9(2)14-10(3)20(19-18-14)12-7-5-6-11(15)13(12)16/h5-7,9,17H,4,8H2,1-3H3. The van der Waals surface area contributed by atoms with E-state index in [2.05, 4.69) is 22.6 Å². The van der Waals surface area contributed by atoms with Gasteiger partial charge >= 0.3 is 0 Å². The highest BCUT2D eigenvalue weighted by molar-refractivity contribution is 6.30. The Labute approximate surface area is 122 Å². The summed E-state index contributed by atoms with van der Waals surface area (Å²) in [4.78, 5) is 0. The van der Waals surface area contributed by atoms with E-state index in [4.69, 9.17) is 11.6 Å². The average Bonchev–Trinajstić information content (AvgIpc) is 2.81. The van der Waals surface area contributed by atoms with Gasteiger partial charge < -0.3 is 5.32 Å². The lowest BCUT2D eigenvalue weighted by atomic mass is 10.2. The third-order valence-corrected chi connectivity index (χ3v) is 3.49. The molecule has 0 amide bonds. The van der Waals surface area contributed by atoms with Crippen LogP contribution in [0.2, 0.25) is 5.02 Å². The summed E-state index contributed by atoms with van der Waals surface area (Å²) in [5, 5.41) is 11.6. The van der Waals surface area contributed by atoms with E-state index in [0.717, 1.165) is 24.4 Å². The van der Waals surface area contributed by atoms with Gasteiger partial charge in [0.15, 0.2) is 5.82 Å². The maximum atomic E-state index is 14.0. The molecule has 1 aromatic heterocycles. The van der Waals surface area contributed by atoms with Crippen molar-refractivity contribution in [3.63, 3.8) is 0 Å². The Morgan fingerprint density at radius 3 is 2.90 bits per heavy atom. The summed E-state index contributed by atoms with van der Waals surface area (Å²) in [6, 6.07) is 4.92. The zero-order valence-electron chi connectivity index (χ0n) is 11.8. The summed E-state index contributed by atoms with van der Waals surface area (Å²) >= 11 is 5.81. The first kappa shape index (κ1) is 14.9. The summed E-state index contributed by atoms with van der Waals surface area (Å²) in [5.41, 5.74) is 1.94. The van der Waals surface area contributed by atoms with Crippen LogP contribution in [-0.2, 0) is 0 Å². The van der Waals surface area contributed by atoms with Gasteiger partial charge in [0.2, 0.25) is 0 Å². The SMILES string of the molecule is CCCNC(C)c1nnn(-c2cccc(Cl)c2F)c1C. The first-order chi connectivity index (χ1) is 9.56. The van der Waals surface area contributed by atoms with Crippen LogP contribution in [0.15, 0.2) is 18.2 Å². The molecule has 0 aliphatic heterocycles. The third kappa shape index (κ3) is 2.83. The van der Waals surface area contributed by atoms with E-state index in [1.165, 1.54) is 10.7 Å². The third-order valence-electron chi connectivity index (χ3n) is 3.20. The summed E-state index contributed by atoms with van der Waals surface area (Å²) < 4.78 is 15.5. The summed E-state index contributed by atoms with van der Waals surface area (Å²) in [7, 11) is 0. The molecule has 0 saturated carbocycles. The van der Waals surface area contributed by atoms with Crippen molar-refractivity contribution in [3.05, 3.63) is 40.4 Å². The van der Waals surface area contributed by atoms with Crippen molar-refractivity contribution in [1.29, 1.82) is 0 Å². The van der Waals surface area contributed by atoms with E-state index < -0.39 is 5.82 Å². The van der Waals surface area contributed by atoms with Crippen LogP contribution in [0.4, 0.5) is 4.39 Å². The first-order valence-electron chi connectivity index (χ1n) is 6.66. The highest BCUT2D eigenvalue weighted by Gasteiger charge is 2.18. The zero-order chi connectivity index (χ0) is 14.7. The van der Waals surface area contributed by atoms with Gasteiger partial charge in [-0.05, 0) is 38.9 Å². The molecular weight excluding hydrogens is 279 g/mol. The Kier molecular flexibility index (Phi) is 4.73. The maximum Gasteiger partial charge on any atom is 0.167 e. The normalized spacial score (nSPS) is 12.7. The van der Waals surface area contributed by atoms with Gasteiger partial charge in [-0.25, -0.2) is 9.07 Å². The first-order valence-corrected chi connectivity index (χ1v) is 7.04. The van der Waals surface area contributed by atoms with Gasteiger partial charge in [-0.15, -0.1) is 5.10 Å². The molecule has 1 N–H and O–H groups in total. The lowest BCUT2D eigenvalue weighted by Gasteiger charge is -2.11. The second-order valence-electron chi connectivity index (χ2n) is 4.72. The molecule has 0 saturated heterocycles. The molecule has 0 radical (unpaired) electrons. The van der Waals surface area contributed by atoms with Crippen LogP contribution in [0.5, 0.6) is 0 Å². The molecule has 0 aliphatic rings. The molecule has 1 heterocycles. The second kappa shape index (κ2) is 6.33. The highest BCUT2D eigenvalue weighted by Crippen LogP contribution is 2.23. The van der Waals surface area contributed by atoms with E-state index >= 15 is 0 Å². The largest absolute Gasteiger partial charge is 0.309 e. The molecule has 6 heteroatoms. The van der Waals surface area contributed by atoms with Crippen molar-refractivity contribution < 1.29 is 4.39 Å². The summed E-state index contributed by atoms with van der Waals surface area (Å²) in [6.07, 6.45) is 1.04. The average molecular weight is 297 g/mol. The molecule has 1 aromatic carbocycles. The van der Waals surface area contributed by atoms with Crippen LogP contribution in [0.1, 0.15) is 37.7 Å². The number of aromatic nitrogens is 3. The molecule has 1 unspecified atom stereocenters. The van der Waals surface area contributed by atoms with Gasteiger partial charge in [-0.2, -0.15) is 0 Å². The van der Waals surface area contributed by atoms with E-state index in [0.29, 0.717) is 5.69 Å². The van der Waals surface area contributed by atoms with Gasteiger partial charge in [0, 0.05) is 0 Å². The van der Waals surface area contributed by atoms with Crippen LogP contribution in [0.25, 0.3) is 5.69 Å². The van der Waals surface area contributed by atoms with Crippen molar-refractivity contribution in [2.45, 2.75) is 33.2 Å². The summed E-state index contributed by atoms with van der Waals surface area (Å²) in [5.74, 6) is -0.483. The van der Waals surface area contributed by atoms with Gasteiger partial charge in [-0.1, -0.05) is 29.8 Å². The van der Waals surface area contributed by atoms with Gasteiger partial charge in [0.1, 0.15) is 11.4 Å². The van der Waals surface area contributed by atoms with Crippen molar-refractivity contribution in [2.75, 3.05) is 6.54 Å². The molecule has 0 spiro atoms. The molecular formula is C14H18ClFN4. The second-order valence-corrected chi connectivity index (χ2v) is 5.13. The molecule has 20 heavy (non-hydrogen) atoms. The number of rotatable bonds is 5. The van der Waals surface area contributed by atoms with Crippen LogP contribution in [0, 0.1) is 12.7 Å². The van der Waals surface area contributed by atoms with Gasteiger partial charge in [0.25, 0.3) is 0 Å². The zero-order valence-corrected chi connectivity index (χ0v) is 12.6. The van der Waals surface area contributed by atoms with Crippen molar-refractivity contribution in [2.24, 2.45) is 0 Å². The molecule has 0 fully saturated rings. The Balaban J connectivity index is 2.35. The van der Waals surface area contributed by atoms with Crippen LogP contribution < -0.4 is 5.32 Å². The quantitative estimate of drug-likeness (QED) is 0.919. The molecule has 0 bridgehead atoms. The fraction of sp³-hybridized carbons (Fsp3) is 0.429. The molecule has 2 aromatic rings. The minimum atomic E-state index is -0.483. The van der Waals surface area contributed by atoms with Crippen LogP contribution >= 0.6 is 11.6 Å². The lowest BCUT2D eigenvalue weighted by molar-refractivity contribution is 0.555. The number of benzene rings is 1. The minimum absolute atomic E-state index is 0.0749. The van der Waals surface area contributed by atoms with Gasteiger partial charge in [-0.3, -0.25) is 0 Å². The lowest BCUT2D eigenvalue weighted by Crippen LogP contribution is -2.20. The van der Waals surface area contributed by atoms with Crippen molar-refractivity contribution >= 4 is 11.6 Å². The monoisotopic (exact) mass is 296 g/mol. The number of nitrogens with one attached hydrogen (secondary N) is 1.